The maximum Gasteiger partial charge on any atom is 0.244 e. The van der Waals surface area contributed by atoms with Crippen molar-refractivity contribution >= 4 is 23.3 Å². The second-order valence-electron chi connectivity index (χ2n) is 10.8. The molecule has 3 aliphatic rings. The Bertz CT molecular complexity index is 1120. The number of aliphatic hydroxyl groups excluding tert-OH is 1. The van der Waals surface area contributed by atoms with Crippen LogP contribution in [0.1, 0.15) is 43.9 Å². The third-order valence-electron chi connectivity index (χ3n) is 7.33. The van der Waals surface area contributed by atoms with Gasteiger partial charge in [0.2, 0.25) is 11.8 Å². The summed E-state index contributed by atoms with van der Waals surface area (Å²) in [4.78, 5) is 32.1. The standard InChI is InChI=1S/C26H33N5O3/c1-25(2,3)24(34)31(19-8-10-27-14-19)15-21(32)29-18-7-6-16-12-26(13-17(16)11-18)20-5-4-9-28-22(20)30-23(26)33/h4-7,9,11,19,23,27,33H,8,10,12-15H2,1-3H3,(H,28,30)(H,29,32)/t19-,23?,26?/m0/s1. The van der Waals surface area contributed by atoms with Crippen LogP contribution in [0.3, 0.4) is 0 Å². The molecule has 8 heteroatoms. The Balaban J connectivity index is 1.31. The molecule has 1 aliphatic carbocycles. The molecule has 1 aromatic carbocycles. The Kier molecular flexibility index (Phi) is 5.61. The molecule has 2 aromatic rings. The first kappa shape index (κ1) is 22.8. The summed E-state index contributed by atoms with van der Waals surface area (Å²) in [5, 5.41) is 20.2. The highest BCUT2D eigenvalue weighted by atomic mass is 16.3. The fourth-order valence-electron chi connectivity index (χ4n) is 5.56. The van der Waals surface area contributed by atoms with Gasteiger partial charge in [-0.15, -0.1) is 0 Å². The smallest absolute Gasteiger partial charge is 0.244 e. The number of hydrogen-bond acceptors (Lipinski definition) is 6. The molecule has 2 amide bonds. The van der Waals surface area contributed by atoms with Crippen LogP contribution in [-0.2, 0) is 27.8 Å². The van der Waals surface area contributed by atoms with Crippen LogP contribution >= 0.6 is 0 Å². The van der Waals surface area contributed by atoms with Gasteiger partial charge in [-0.3, -0.25) is 9.59 Å². The Labute approximate surface area is 200 Å². The summed E-state index contributed by atoms with van der Waals surface area (Å²) in [6, 6.07) is 9.89. The van der Waals surface area contributed by atoms with E-state index in [-0.39, 0.29) is 24.4 Å². The molecule has 1 spiro atoms. The number of anilines is 2. The molecule has 1 saturated heterocycles. The number of fused-ring (bicyclic) bond motifs is 3. The average molecular weight is 464 g/mol. The normalized spacial score (nSPS) is 25.1. The average Bonchev–Trinajstić information content (AvgIpc) is 3.50. The summed E-state index contributed by atoms with van der Waals surface area (Å²) in [5.41, 5.74) is 3.02. The number of benzene rings is 1. The van der Waals surface area contributed by atoms with Crippen LogP contribution in [0.15, 0.2) is 36.5 Å². The molecule has 3 atom stereocenters. The largest absolute Gasteiger partial charge is 0.373 e. The van der Waals surface area contributed by atoms with Gasteiger partial charge in [0.15, 0.2) is 0 Å². The summed E-state index contributed by atoms with van der Waals surface area (Å²) in [7, 11) is 0. The third-order valence-corrected chi connectivity index (χ3v) is 7.33. The van der Waals surface area contributed by atoms with Gasteiger partial charge in [-0.2, -0.15) is 0 Å². The fourth-order valence-corrected chi connectivity index (χ4v) is 5.56. The number of aliphatic hydroxyl groups is 1. The van der Waals surface area contributed by atoms with Crippen LogP contribution in [0, 0.1) is 5.41 Å². The van der Waals surface area contributed by atoms with E-state index >= 15 is 0 Å². The summed E-state index contributed by atoms with van der Waals surface area (Å²) >= 11 is 0. The van der Waals surface area contributed by atoms with E-state index in [0.717, 1.165) is 35.5 Å². The second kappa shape index (κ2) is 8.36. The minimum Gasteiger partial charge on any atom is -0.373 e. The van der Waals surface area contributed by atoms with Crippen LogP contribution in [-0.4, -0.2) is 58.7 Å². The Morgan fingerprint density at radius 2 is 2.03 bits per heavy atom. The van der Waals surface area contributed by atoms with Crippen molar-refractivity contribution < 1.29 is 14.7 Å². The number of carbonyl (C=O) groups excluding carboxylic acids is 2. The maximum absolute atomic E-state index is 13.1. The van der Waals surface area contributed by atoms with Crippen molar-refractivity contribution in [1.29, 1.82) is 0 Å². The molecule has 0 bridgehead atoms. The highest BCUT2D eigenvalue weighted by molar-refractivity contribution is 5.95. The zero-order valence-corrected chi connectivity index (χ0v) is 20.0. The molecule has 1 fully saturated rings. The summed E-state index contributed by atoms with van der Waals surface area (Å²) < 4.78 is 0. The molecule has 4 N–H and O–H groups in total. The van der Waals surface area contributed by atoms with Crippen LogP contribution in [0.5, 0.6) is 0 Å². The van der Waals surface area contributed by atoms with Gasteiger partial charge >= 0.3 is 0 Å². The number of carbonyl (C=O) groups is 2. The van der Waals surface area contributed by atoms with Crippen molar-refractivity contribution in [2.75, 3.05) is 30.3 Å². The highest BCUT2D eigenvalue weighted by Crippen LogP contribution is 2.48. The van der Waals surface area contributed by atoms with E-state index in [1.807, 2.05) is 51.1 Å². The monoisotopic (exact) mass is 463 g/mol. The van der Waals surface area contributed by atoms with Gasteiger partial charge in [0.25, 0.3) is 0 Å². The number of nitrogens with zero attached hydrogens (tertiary/aromatic N) is 2. The molecule has 34 heavy (non-hydrogen) atoms. The lowest BCUT2D eigenvalue weighted by molar-refractivity contribution is -0.144. The van der Waals surface area contributed by atoms with Crippen molar-refractivity contribution in [3.63, 3.8) is 0 Å². The number of nitrogens with one attached hydrogen (secondary N) is 3. The third kappa shape index (κ3) is 3.95. The fraction of sp³-hybridized carbons (Fsp3) is 0.500. The Morgan fingerprint density at radius 3 is 2.76 bits per heavy atom. The van der Waals surface area contributed by atoms with Crippen molar-refractivity contribution in [2.24, 2.45) is 5.41 Å². The summed E-state index contributed by atoms with van der Waals surface area (Å²) in [6.45, 7) is 7.26. The molecule has 2 aliphatic heterocycles. The zero-order valence-electron chi connectivity index (χ0n) is 20.0. The van der Waals surface area contributed by atoms with E-state index in [9.17, 15) is 14.7 Å². The molecular formula is C26H33N5O3. The quantitative estimate of drug-likeness (QED) is 0.553. The van der Waals surface area contributed by atoms with E-state index in [0.29, 0.717) is 25.1 Å². The van der Waals surface area contributed by atoms with Crippen molar-refractivity contribution in [3.05, 3.63) is 53.2 Å². The number of pyridine rings is 1. The van der Waals surface area contributed by atoms with Gasteiger partial charge in [-0.05, 0) is 55.1 Å². The predicted molar refractivity (Wildman–Crippen MR) is 130 cm³/mol. The first-order valence-corrected chi connectivity index (χ1v) is 12.0. The van der Waals surface area contributed by atoms with E-state index < -0.39 is 17.1 Å². The minimum absolute atomic E-state index is 0.0118. The van der Waals surface area contributed by atoms with Crippen molar-refractivity contribution in [3.8, 4) is 0 Å². The van der Waals surface area contributed by atoms with Crippen LogP contribution in [0.25, 0.3) is 0 Å². The van der Waals surface area contributed by atoms with E-state index in [4.69, 9.17) is 0 Å². The lowest BCUT2D eigenvalue weighted by atomic mass is 9.79. The Hall–Kier alpha value is -2.97. The molecule has 5 rings (SSSR count). The first-order chi connectivity index (χ1) is 16.2. The lowest BCUT2D eigenvalue weighted by Crippen LogP contribution is -2.50. The molecule has 1 aromatic heterocycles. The topological polar surface area (TPSA) is 107 Å². The molecule has 2 unspecified atom stereocenters. The van der Waals surface area contributed by atoms with Crippen molar-refractivity contribution in [2.45, 2.75) is 57.7 Å². The predicted octanol–water partition coefficient (Wildman–Crippen LogP) is 2.04. The van der Waals surface area contributed by atoms with Crippen LogP contribution in [0.2, 0.25) is 0 Å². The number of hydrogen-bond donors (Lipinski definition) is 4. The molecule has 8 nitrogen and oxygen atoms in total. The lowest BCUT2D eigenvalue weighted by Gasteiger charge is -2.33. The second-order valence-corrected chi connectivity index (χ2v) is 10.8. The number of amides is 2. The van der Waals surface area contributed by atoms with Gasteiger partial charge in [0.05, 0.1) is 5.41 Å². The molecule has 0 radical (unpaired) electrons. The molecule has 0 saturated carbocycles. The minimum atomic E-state index is -0.708. The molecular weight excluding hydrogens is 430 g/mol. The van der Waals surface area contributed by atoms with E-state index in [2.05, 4.69) is 20.9 Å². The molecule has 180 valence electrons. The molecule has 3 heterocycles. The van der Waals surface area contributed by atoms with Gasteiger partial charge in [0.1, 0.15) is 18.6 Å². The first-order valence-electron chi connectivity index (χ1n) is 12.0. The highest BCUT2D eigenvalue weighted by Gasteiger charge is 2.50. The Morgan fingerprint density at radius 1 is 1.24 bits per heavy atom. The van der Waals surface area contributed by atoms with E-state index in [1.165, 1.54) is 0 Å². The van der Waals surface area contributed by atoms with Crippen LogP contribution in [0.4, 0.5) is 11.5 Å². The summed E-state index contributed by atoms with van der Waals surface area (Å²) in [6.07, 6.45) is 3.25. The number of rotatable bonds is 4. The van der Waals surface area contributed by atoms with Crippen molar-refractivity contribution in [1.82, 2.24) is 15.2 Å². The van der Waals surface area contributed by atoms with Crippen LogP contribution < -0.4 is 16.0 Å². The van der Waals surface area contributed by atoms with Gasteiger partial charge in [0, 0.05) is 35.4 Å². The van der Waals surface area contributed by atoms with Gasteiger partial charge in [-0.1, -0.05) is 32.9 Å². The SMILES string of the molecule is CC(C)(C)C(=O)N(CC(=O)Nc1ccc2c(c1)CC1(C2)c2cccnc2NC1O)[C@H]1CCNC1. The zero-order chi connectivity index (χ0) is 24.1. The van der Waals surface area contributed by atoms with E-state index in [1.54, 1.807) is 11.1 Å². The maximum atomic E-state index is 13.1. The summed E-state index contributed by atoms with van der Waals surface area (Å²) in [5.74, 6) is 0.526. The van der Waals surface area contributed by atoms with Gasteiger partial charge < -0.3 is 26.0 Å². The number of aromatic nitrogens is 1. The van der Waals surface area contributed by atoms with Gasteiger partial charge in [-0.25, -0.2) is 4.98 Å².